The van der Waals surface area contributed by atoms with Crippen LogP contribution in [0.1, 0.15) is 38.5 Å². The monoisotopic (exact) mass is 240 g/mol. The first-order chi connectivity index (χ1) is 8.25. The van der Waals surface area contributed by atoms with Crippen LogP contribution in [0.2, 0.25) is 0 Å². The molecule has 0 aliphatic carbocycles. The highest BCUT2D eigenvalue weighted by atomic mass is 16.4. The van der Waals surface area contributed by atoms with E-state index in [0.29, 0.717) is 0 Å². The van der Waals surface area contributed by atoms with Gasteiger partial charge >= 0.3 is 5.97 Å². The van der Waals surface area contributed by atoms with E-state index in [-0.39, 0.29) is 6.42 Å². The van der Waals surface area contributed by atoms with E-state index < -0.39 is 5.97 Å². The van der Waals surface area contributed by atoms with Gasteiger partial charge in [-0.3, -0.25) is 4.79 Å². The van der Waals surface area contributed by atoms with E-state index in [2.05, 4.69) is 9.80 Å². The summed E-state index contributed by atoms with van der Waals surface area (Å²) < 4.78 is 0. The molecule has 0 radical (unpaired) electrons. The second kappa shape index (κ2) is 6.36. The second-order valence-electron chi connectivity index (χ2n) is 5.31. The number of likely N-dealkylation sites (tertiary alicyclic amines) is 2. The van der Waals surface area contributed by atoms with Crippen molar-refractivity contribution >= 4 is 5.97 Å². The van der Waals surface area contributed by atoms with Crippen LogP contribution in [0.5, 0.6) is 0 Å². The lowest BCUT2D eigenvalue weighted by atomic mass is 10.00. The number of piperidine rings is 2. The van der Waals surface area contributed by atoms with Crippen molar-refractivity contribution in [2.75, 3.05) is 32.7 Å². The summed E-state index contributed by atoms with van der Waals surface area (Å²) in [7, 11) is 0. The lowest BCUT2D eigenvalue weighted by molar-refractivity contribution is -0.137. The zero-order chi connectivity index (χ0) is 12.1. The number of carboxylic acids is 1. The number of rotatable bonds is 4. The van der Waals surface area contributed by atoms with E-state index in [9.17, 15) is 4.79 Å². The van der Waals surface area contributed by atoms with E-state index in [4.69, 9.17) is 5.11 Å². The quantitative estimate of drug-likeness (QED) is 0.807. The van der Waals surface area contributed by atoms with Crippen LogP contribution in [0.4, 0.5) is 0 Å². The van der Waals surface area contributed by atoms with Crippen molar-refractivity contribution in [1.29, 1.82) is 0 Å². The molecule has 0 aromatic carbocycles. The largest absolute Gasteiger partial charge is 0.481 e. The fraction of sp³-hybridized carbons (Fsp3) is 0.923. The van der Waals surface area contributed by atoms with Crippen molar-refractivity contribution in [1.82, 2.24) is 9.80 Å². The molecule has 2 fully saturated rings. The van der Waals surface area contributed by atoms with Gasteiger partial charge in [0.2, 0.25) is 0 Å². The fourth-order valence-electron chi connectivity index (χ4n) is 3.05. The van der Waals surface area contributed by atoms with Crippen molar-refractivity contribution in [2.45, 2.75) is 44.6 Å². The van der Waals surface area contributed by atoms with Gasteiger partial charge in [0.05, 0.1) is 6.42 Å². The molecule has 2 heterocycles. The first-order valence-corrected chi connectivity index (χ1v) is 6.94. The van der Waals surface area contributed by atoms with Crippen LogP contribution >= 0.6 is 0 Å². The maximum absolute atomic E-state index is 10.5. The molecule has 0 aromatic rings. The minimum absolute atomic E-state index is 0.286. The van der Waals surface area contributed by atoms with Crippen LogP contribution in [-0.4, -0.2) is 59.6 Å². The highest BCUT2D eigenvalue weighted by Crippen LogP contribution is 2.20. The molecule has 2 aliphatic rings. The molecule has 17 heavy (non-hydrogen) atoms. The Hall–Kier alpha value is -0.610. The third-order valence-corrected chi connectivity index (χ3v) is 4.11. The Bertz CT molecular complexity index is 244. The van der Waals surface area contributed by atoms with Crippen LogP contribution < -0.4 is 0 Å². The number of aliphatic carboxylic acids is 1. The number of hydrogen-bond donors (Lipinski definition) is 1. The van der Waals surface area contributed by atoms with E-state index >= 15 is 0 Å². The standard InChI is InChI=1S/C13H24N2O2/c16-13(17)6-11-14-9-4-12(5-10-14)15-7-2-1-3-8-15/h12H,1-11H2,(H,16,17). The molecular formula is C13H24N2O2. The molecule has 0 bridgehead atoms. The van der Waals surface area contributed by atoms with Crippen LogP contribution in [-0.2, 0) is 4.79 Å². The molecule has 98 valence electrons. The van der Waals surface area contributed by atoms with Gasteiger partial charge < -0.3 is 14.9 Å². The van der Waals surface area contributed by atoms with Gasteiger partial charge in [-0.1, -0.05) is 6.42 Å². The average Bonchev–Trinajstić information content (AvgIpc) is 2.38. The van der Waals surface area contributed by atoms with E-state index in [1.807, 2.05) is 0 Å². The Morgan fingerprint density at radius 2 is 1.71 bits per heavy atom. The minimum atomic E-state index is -0.678. The third-order valence-electron chi connectivity index (χ3n) is 4.11. The van der Waals surface area contributed by atoms with Crippen molar-refractivity contribution in [3.8, 4) is 0 Å². The number of carbonyl (C=O) groups is 1. The van der Waals surface area contributed by atoms with Crippen molar-refractivity contribution in [2.24, 2.45) is 0 Å². The Morgan fingerprint density at radius 3 is 2.29 bits per heavy atom. The molecule has 2 rings (SSSR count). The first-order valence-electron chi connectivity index (χ1n) is 6.94. The number of hydrogen-bond acceptors (Lipinski definition) is 3. The molecule has 2 saturated heterocycles. The Morgan fingerprint density at radius 1 is 1.06 bits per heavy atom. The fourth-order valence-corrected chi connectivity index (χ4v) is 3.05. The minimum Gasteiger partial charge on any atom is -0.481 e. The zero-order valence-corrected chi connectivity index (χ0v) is 10.6. The molecule has 0 atom stereocenters. The van der Waals surface area contributed by atoms with Crippen molar-refractivity contribution < 1.29 is 9.90 Å². The Balaban J connectivity index is 1.68. The highest BCUT2D eigenvalue weighted by molar-refractivity contribution is 5.66. The molecule has 1 N–H and O–H groups in total. The topological polar surface area (TPSA) is 43.8 Å². The Labute approximate surface area is 104 Å². The molecule has 0 aromatic heterocycles. The molecule has 0 saturated carbocycles. The molecule has 2 aliphatic heterocycles. The predicted molar refractivity (Wildman–Crippen MR) is 67.1 cm³/mol. The van der Waals surface area contributed by atoms with Crippen LogP contribution in [0.25, 0.3) is 0 Å². The third kappa shape index (κ3) is 3.96. The smallest absolute Gasteiger partial charge is 0.304 e. The molecule has 4 heteroatoms. The van der Waals surface area contributed by atoms with Crippen LogP contribution in [0.3, 0.4) is 0 Å². The molecule has 4 nitrogen and oxygen atoms in total. The lowest BCUT2D eigenvalue weighted by Crippen LogP contribution is -2.47. The zero-order valence-electron chi connectivity index (χ0n) is 10.6. The Kier molecular flexibility index (Phi) is 4.80. The molecule has 0 spiro atoms. The normalized spacial score (nSPS) is 24.9. The number of nitrogens with zero attached hydrogens (tertiary/aromatic N) is 2. The predicted octanol–water partition coefficient (Wildman–Crippen LogP) is 1.41. The summed E-state index contributed by atoms with van der Waals surface area (Å²) >= 11 is 0. The summed E-state index contributed by atoms with van der Waals surface area (Å²) in [4.78, 5) is 15.5. The van der Waals surface area contributed by atoms with Gasteiger partial charge in [0.1, 0.15) is 0 Å². The summed E-state index contributed by atoms with van der Waals surface area (Å²) in [5.74, 6) is -0.678. The summed E-state index contributed by atoms with van der Waals surface area (Å²) in [6.45, 7) is 5.44. The van der Waals surface area contributed by atoms with Gasteiger partial charge in [0.15, 0.2) is 0 Å². The van der Waals surface area contributed by atoms with Gasteiger partial charge in [0.25, 0.3) is 0 Å². The van der Waals surface area contributed by atoms with Crippen LogP contribution in [0.15, 0.2) is 0 Å². The first kappa shape index (κ1) is 12.8. The van der Waals surface area contributed by atoms with E-state index in [0.717, 1.165) is 25.7 Å². The summed E-state index contributed by atoms with van der Waals surface area (Å²) in [6.07, 6.45) is 6.85. The van der Waals surface area contributed by atoms with Gasteiger partial charge in [0, 0.05) is 12.6 Å². The summed E-state index contributed by atoms with van der Waals surface area (Å²) in [5.41, 5.74) is 0. The second-order valence-corrected chi connectivity index (χ2v) is 5.31. The number of carboxylic acid groups (broad SMARTS) is 1. The van der Waals surface area contributed by atoms with Crippen molar-refractivity contribution in [3.63, 3.8) is 0 Å². The van der Waals surface area contributed by atoms with Gasteiger partial charge in [-0.15, -0.1) is 0 Å². The SMILES string of the molecule is O=C(O)CCN1CCC(N2CCCCC2)CC1. The molecular weight excluding hydrogens is 216 g/mol. The van der Waals surface area contributed by atoms with Gasteiger partial charge in [-0.25, -0.2) is 0 Å². The molecule has 0 amide bonds. The van der Waals surface area contributed by atoms with Crippen LogP contribution in [0, 0.1) is 0 Å². The average molecular weight is 240 g/mol. The molecule has 0 unspecified atom stereocenters. The van der Waals surface area contributed by atoms with Gasteiger partial charge in [-0.05, 0) is 51.9 Å². The lowest BCUT2D eigenvalue weighted by Gasteiger charge is -2.40. The maximum atomic E-state index is 10.5. The summed E-state index contributed by atoms with van der Waals surface area (Å²) in [5, 5.41) is 8.67. The summed E-state index contributed by atoms with van der Waals surface area (Å²) in [6, 6.07) is 0.761. The maximum Gasteiger partial charge on any atom is 0.304 e. The van der Waals surface area contributed by atoms with Crippen molar-refractivity contribution in [3.05, 3.63) is 0 Å². The van der Waals surface area contributed by atoms with E-state index in [1.165, 1.54) is 45.2 Å². The van der Waals surface area contributed by atoms with Gasteiger partial charge in [-0.2, -0.15) is 0 Å². The van der Waals surface area contributed by atoms with E-state index in [1.54, 1.807) is 0 Å². The highest BCUT2D eigenvalue weighted by Gasteiger charge is 2.25.